The molecule has 8 amide bonds. The highest BCUT2D eigenvalue weighted by molar-refractivity contribution is 5.99. The lowest BCUT2D eigenvalue weighted by molar-refractivity contribution is -0.144. The number of carboxylic acids is 7. The summed E-state index contributed by atoms with van der Waals surface area (Å²) in [6, 6.07) is -16.7. The Kier molecular flexibility index (Phi) is 34.6. The second-order valence-corrected chi connectivity index (χ2v) is 18.6. The minimum atomic E-state index is -2.19. The molecule has 0 radical (unpaired) electrons. The highest BCUT2D eigenvalue weighted by Crippen LogP contribution is 2.11. The SMILES string of the molecule is CC(O)C(NC(=O)C(CCC(=O)O)NC(=O)C(CCC(=O)O)NC(=O)C(CCC(=O)O)NC(=O)C(CCCN=C(N)N)NC(=O)C(N)CCCN=C(N)N)C(=O)NC(CCC(=O)O)C(=O)NC(CCC(=O)O)C(=O)NC(CCC(=O)O)C(=O)O. The number of nitrogens with one attached hydrogen (secondary N) is 8. The van der Waals surface area contributed by atoms with E-state index in [2.05, 4.69) is 36.6 Å². The van der Waals surface area contributed by atoms with Gasteiger partial charge < -0.3 is 112 Å². The first-order valence-corrected chi connectivity index (χ1v) is 25.7. The zero-order valence-electron chi connectivity index (χ0n) is 45.5. The summed E-state index contributed by atoms with van der Waals surface area (Å²) in [5, 5.41) is 93.5. The molecule has 26 N–H and O–H groups in total. The minimum absolute atomic E-state index is 0.0214. The number of carbonyl (C=O) groups is 15. The van der Waals surface area contributed by atoms with Gasteiger partial charge in [-0.15, -0.1) is 0 Å². The summed E-state index contributed by atoms with van der Waals surface area (Å²) < 4.78 is 0. The number of aliphatic hydroxyl groups is 1. The molecule has 0 spiro atoms. The van der Waals surface area contributed by atoms with Crippen LogP contribution in [0.4, 0.5) is 0 Å². The van der Waals surface area contributed by atoms with E-state index in [0.29, 0.717) is 0 Å². The van der Waals surface area contributed by atoms with E-state index in [1.54, 1.807) is 0 Å². The summed E-state index contributed by atoms with van der Waals surface area (Å²) in [5.41, 5.74) is 27.4. The Hall–Kier alpha value is -9.49. The van der Waals surface area contributed by atoms with Gasteiger partial charge in [-0.3, -0.25) is 77.1 Å². The van der Waals surface area contributed by atoms with Crippen molar-refractivity contribution in [1.82, 2.24) is 42.5 Å². The summed E-state index contributed by atoms with van der Waals surface area (Å²) in [6.07, 6.45) is -11.6. The quantitative estimate of drug-likeness (QED) is 0.0153. The van der Waals surface area contributed by atoms with Crippen molar-refractivity contribution in [2.24, 2.45) is 38.7 Å². The van der Waals surface area contributed by atoms with Gasteiger partial charge in [0.05, 0.1) is 12.1 Å². The maximum absolute atomic E-state index is 14.0. The fourth-order valence-electron chi connectivity index (χ4n) is 7.19. The lowest BCUT2D eigenvalue weighted by atomic mass is 10.0. The smallest absolute Gasteiger partial charge is 0.326 e. The van der Waals surface area contributed by atoms with Crippen molar-refractivity contribution < 1.29 is 113 Å². The van der Waals surface area contributed by atoms with Crippen molar-refractivity contribution in [1.29, 1.82) is 0 Å². The van der Waals surface area contributed by atoms with Crippen molar-refractivity contribution in [2.75, 3.05) is 13.1 Å². The van der Waals surface area contributed by atoms with E-state index in [0.717, 1.165) is 6.92 Å². The topological polar surface area (TPSA) is 669 Å². The van der Waals surface area contributed by atoms with Crippen LogP contribution in [0, 0.1) is 0 Å². The minimum Gasteiger partial charge on any atom is -0.481 e. The summed E-state index contributed by atoms with van der Waals surface area (Å²) >= 11 is 0. The molecule has 0 aromatic heterocycles. The summed E-state index contributed by atoms with van der Waals surface area (Å²) in [5.74, 6) is -21.8. The highest BCUT2D eigenvalue weighted by Gasteiger charge is 2.37. The average Bonchev–Trinajstić information content (AvgIpc) is 3.59. The van der Waals surface area contributed by atoms with Crippen molar-refractivity contribution in [3.63, 3.8) is 0 Å². The van der Waals surface area contributed by atoms with Gasteiger partial charge >= 0.3 is 41.8 Å². The first kappa shape index (κ1) is 74.5. The molecule has 0 rings (SSSR count). The number of hydrogen-bond acceptors (Lipinski definition) is 19. The standard InChI is InChI=1S/C46H75N15O23/c1-20(62)35(43(82)59-26(9-15-32(69)70)40(79)57-25(8-14-31(67)68)41(80)60-28(44(83)84)11-17-34(73)74)61-42(81)27(10-16-33(71)72)58-39(78)24(7-13-30(65)66)56-38(77)23(6-12-29(63)64)55-37(76)22(5-3-19-53-46(50)51)54-36(75)21(47)4-2-18-52-45(48)49/h20-28,35,62H,2-19,47H2,1H3,(H,54,75)(H,55,76)(H,56,77)(H,57,79)(H,58,78)(H,59,82)(H,60,80)(H,61,81)(H,63,64)(H,65,66)(H,67,68)(H,69,70)(H,71,72)(H,73,74)(H,83,84)(H4,48,49,52)(H4,50,51,53). The summed E-state index contributed by atoms with van der Waals surface area (Å²) in [4.78, 5) is 198. The molecule has 0 bridgehead atoms. The van der Waals surface area contributed by atoms with Crippen LogP contribution in [-0.4, -0.2) is 215 Å². The molecule has 0 aliphatic carbocycles. The fourth-order valence-corrected chi connectivity index (χ4v) is 7.19. The molecule has 0 aliphatic rings. The molecule has 472 valence electrons. The molecule has 84 heavy (non-hydrogen) atoms. The van der Waals surface area contributed by atoms with E-state index in [9.17, 15) is 108 Å². The van der Waals surface area contributed by atoms with Crippen LogP contribution < -0.4 is 71.2 Å². The maximum atomic E-state index is 14.0. The zero-order valence-corrected chi connectivity index (χ0v) is 45.5. The number of aliphatic carboxylic acids is 7. The summed E-state index contributed by atoms with van der Waals surface area (Å²) in [7, 11) is 0. The first-order chi connectivity index (χ1) is 39.1. The van der Waals surface area contributed by atoms with Gasteiger partial charge in [0.25, 0.3) is 0 Å². The van der Waals surface area contributed by atoms with E-state index >= 15 is 0 Å². The maximum Gasteiger partial charge on any atom is 0.326 e. The van der Waals surface area contributed by atoms with Crippen LogP contribution in [0.3, 0.4) is 0 Å². The lowest BCUT2D eigenvalue weighted by Crippen LogP contribution is -2.62. The number of carbonyl (C=O) groups excluding carboxylic acids is 8. The Bertz CT molecular complexity index is 2420. The predicted molar refractivity (Wildman–Crippen MR) is 284 cm³/mol. The van der Waals surface area contributed by atoms with Crippen LogP contribution in [0.5, 0.6) is 0 Å². The van der Waals surface area contributed by atoms with Gasteiger partial charge in [0, 0.05) is 51.6 Å². The lowest BCUT2D eigenvalue weighted by Gasteiger charge is -2.28. The van der Waals surface area contributed by atoms with E-state index in [1.807, 2.05) is 16.0 Å². The number of rotatable bonds is 44. The Labute approximate surface area is 477 Å². The molecule has 0 aromatic carbocycles. The van der Waals surface area contributed by atoms with Crippen LogP contribution in [0.1, 0.15) is 110 Å². The number of aliphatic imine (C=N–C) groups is 2. The second kappa shape index (κ2) is 39.0. The Morgan fingerprint density at radius 2 is 0.583 bits per heavy atom. The monoisotopic (exact) mass is 1210 g/mol. The Morgan fingerprint density at radius 1 is 0.345 bits per heavy atom. The molecular weight excluding hydrogens is 1130 g/mol. The molecule has 38 heteroatoms. The molecule has 38 nitrogen and oxygen atoms in total. The third-order valence-electron chi connectivity index (χ3n) is 11.6. The van der Waals surface area contributed by atoms with E-state index < -0.39 is 227 Å². The van der Waals surface area contributed by atoms with E-state index in [-0.39, 0.29) is 50.7 Å². The van der Waals surface area contributed by atoms with E-state index in [4.69, 9.17) is 33.8 Å². The van der Waals surface area contributed by atoms with Crippen LogP contribution in [0.15, 0.2) is 9.98 Å². The third-order valence-corrected chi connectivity index (χ3v) is 11.6. The zero-order chi connectivity index (χ0) is 64.4. The second-order valence-electron chi connectivity index (χ2n) is 18.6. The molecule has 0 heterocycles. The van der Waals surface area contributed by atoms with Crippen LogP contribution in [0.25, 0.3) is 0 Å². The highest BCUT2D eigenvalue weighted by atomic mass is 16.4. The first-order valence-electron chi connectivity index (χ1n) is 25.7. The Balaban J connectivity index is 6.98. The number of hydrogen-bond donors (Lipinski definition) is 21. The molecule has 0 saturated carbocycles. The largest absolute Gasteiger partial charge is 0.481 e. The number of amides is 8. The number of nitrogens with two attached hydrogens (primary N) is 5. The van der Waals surface area contributed by atoms with Gasteiger partial charge in [0.1, 0.15) is 48.3 Å². The average molecular weight is 1210 g/mol. The van der Waals surface area contributed by atoms with Gasteiger partial charge in [-0.1, -0.05) is 0 Å². The van der Waals surface area contributed by atoms with Gasteiger partial charge in [0.15, 0.2) is 11.9 Å². The number of guanidine groups is 2. The van der Waals surface area contributed by atoms with E-state index in [1.165, 1.54) is 0 Å². The van der Waals surface area contributed by atoms with Crippen LogP contribution >= 0.6 is 0 Å². The number of aliphatic hydroxyl groups excluding tert-OH is 1. The predicted octanol–water partition coefficient (Wildman–Crippen LogP) is -8.05. The van der Waals surface area contributed by atoms with Crippen molar-refractivity contribution in [3.05, 3.63) is 0 Å². The van der Waals surface area contributed by atoms with Gasteiger partial charge in [-0.25, -0.2) is 4.79 Å². The van der Waals surface area contributed by atoms with Crippen LogP contribution in [0.2, 0.25) is 0 Å². The van der Waals surface area contributed by atoms with Gasteiger partial charge in [0.2, 0.25) is 47.3 Å². The molecule has 10 unspecified atom stereocenters. The fraction of sp³-hybridized carbons (Fsp3) is 0.630. The van der Waals surface area contributed by atoms with Crippen molar-refractivity contribution in [3.8, 4) is 0 Å². The molecule has 0 aromatic rings. The van der Waals surface area contributed by atoms with Crippen molar-refractivity contribution >= 4 is 101 Å². The number of nitrogens with zero attached hydrogens (tertiary/aromatic N) is 2. The number of carboxylic acid groups (broad SMARTS) is 7. The molecule has 10 atom stereocenters. The normalized spacial score (nSPS) is 14.3. The van der Waals surface area contributed by atoms with Crippen molar-refractivity contribution in [2.45, 2.75) is 170 Å². The third kappa shape index (κ3) is 32.7. The van der Waals surface area contributed by atoms with Gasteiger partial charge in [-0.05, 0) is 71.1 Å². The molecule has 0 saturated heterocycles. The molecule has 0 aliphatic heterocycles. The molecular formula is C46H75N15O23. The molecule has 0 fully saturated rings. The summed E-state index contributed by atoms with van der Waals surface area (Å²) in [6.45, 7) is 0.938. The van der Waals surface area contributed by atoms with Crippen LogP contribution in [-0.2, 0) is 71.9 Å². The van der Waals surface area contributed by atoms with Gasteiger partial charge in [-0.2, -0.15) is 0 Å². The Morgan fingerprint density at radius 3 is 0.857 bits per heavy atom.